The number of aromatic nitrogens is 4. The Morgan fingerprint density at radius 3 is 2.74 bits per heavy atom. The highest BCUT2D eigenvalue weighted by molar-refractivity contribution is 5.91. The van der Waals surface area contributed by atoms with Crippen LogP contribution in [0.15, 0.2) is 24.3 Å². The van der Waals surface area contributed by atoms with Crippen LogP contribution in [-0.2, 0) is 4.79 Å². The normalized spacial score (nSPS) is 18.6. The molecule has 3 N–H and O–H groups in total. The van der Waals surface area contributed by atoms with Gasteiger partial charge in [-0.2, -0.15) is 0 Å². The number of nitrogens with two attached hydrogens (primary N) is 1. The molecule has 2 fully saturated rings. The van der Waals surface area contributed by atoms with Crippen molar-refractivity contribution in [3.05, 3.63) is 24.3 Å². The molecule has 4 rings (SSSR count). The quantitative estimate of drug-likeness (QED) is 0.788. The van der Waals surface area contributed by atoms with Crippen molar-refractivity contribution in [2.75, 3.05) is 11.9 Å². The number of hydrogen-bond acceptors (Lipinski definition) is 5. The Labute approximate surface area is 165 Å². The molecule has 1 aromatic heterocycles. The maximum atomic E-state index is 12.6. The van der Waals surface area contributed by atoms with Gasteiger partial charge in [-0.1, -0.05) is 31.4 Å². The van der Waals surface area contributed by atoms with E-state index in [-0.39, 0.29) is 23.7 Å². The molecule has 0 unspecified atom stereocenters. The van der Waals surface area contributed by atoms with Gasteiger partial charge in [0.25, 0.3) is 0 Å². The van der Waals surface area contributed by atoms with E-state index in [1.54, 1.807) is 0 Å². The topological polar surface area (TPSA) is 98.7 Å². The lowest BCUT2D eigenvalue weighted by molar-refractivity contribution is -0.118. The lowest BCUT2D eigenvalue weighted by Gasteiger charge is -2.35. The highest BCUT2D eigenvalue weighted by Crippen LogP contribution is 2.39. The van der Waals surface area contributed by atoms with Crippen LogP contribution in [0.25, 0.3) is 11.4 Å². The predicted octanol–water partition coefficient (Wildman–Crippen LogP) is 3.33. The number of tetrazole rings is 1. The third-order valence-electron chi connectivity index (χ3n) is 5.67. The molecule has 0 spiro atoms. The number of carbonyl (C=O) groups excluding carboxylic acids is 1. The maximum Gasteiger partial charge on any atom is 0.224 e. The van der Waals surface area contributed by atoms with Crippen LogP contribution >= 0.6 is 12.4 Å². The summed E-state index contributed by atoms with van der Waals surface area (Å²) in [5.74, 6) is 0.797. The Kier molecular flexibility index (Phi) is 6.11. The molecule has 2 saturated carbocycles. The maximum absolute atomic E-state index is 12.6. The van der Waals surface area contributed by atoms with Crippen LogP contribution in [0.1, 0.15) is 57.4 Å². The van der Waals surface area contributed by atoms with Gasteiger partial charge in [-0.15, -0.1) is 17.5 Å². The minimum atomic E-state index is -0.0317. The molecule has 1 aromatic carbocycles. The van der Waals surface area contributed by atoms with Crippen molar-refractivity contribution in [2.45, 2.75) is 57.4 Å². The molecule has 0 bridgehead atoms. The summed E-state index contributed by atoms with van der Waals surface area (Å²) in [5.41, 5.74) is 7.68. The van der Waals surface area contributed by atoms with Crippen molar-refractivity contribution >= 4 is 24.0 Å². The minimum Gasteiger partial charge on any atom is -0.330 e. The summed E-state index contributed by atoms with van der Waals surface area (Å²) in [6.45, 7) is 0.580. The van der Waals surface area contributed by atoms with Crippen LogP contribution in [0.4, 0.5) is 5.69 Å². The number of nitrogens with zero attached hydrogens (tertiary/aromatic N) is 4. The van der Waals surface area contributed by atoms with Gasteiger partial charge in [0.1, 0.15) is 0 Å². The number of benzene rings is 1. The number of amides is 1. The first-order valence-electron chi connectivity index (χ1n) is 9.57. The van der Waals surface area contributed by atoms with Crippen LogP contribution in [0.5, 0.6) is 0 Å². The third-order valence-corrected chi connectivity index (χ3v) is 5.67. The molecule has 2 aromatic rings. The Morgan fingerprint density at radius 2 is 2.04 bits per heavy atom. The van der Waals surface area contributed by atoms with Gasteiger partial charge in [0, 0.05) is 17.7 Å². The van der Waals surface area contributed by atoms with Crippen LogP contribution < -0.4 is 11.1 Å². The smallest absolute Gasteiger partial charge is 0.224 e. The van der Waals surface area contributed by atoms with Gasteiger partial charge >= 0.3 is 0 Å². The van der Waals surface area contributed by atoms with Crippen molar-refractivity contribution in [3.63, 3.8) is 0 Å². The van der Waals surface area contributed by atoms with E-state index in [0.29, 0.717) is 19.0 Å². The van der Waals surface area contributed by atoms with Crippen molar-refractivity contribution in [3.8, 4) is 11.4 Å². The molecule has 2 aliphatic carbocycles. The molecule has 7 nitrogen and oxygen atoms in total. The fraction of sp³-hybridized carbons (Fsp3) is 0.579. The summed E-state index contributed by atoms with van der Waals surface area (Å²) in [7, 11) is 0. The van der Waals surface area contributed by atoms with E-state index in [9.17, 15) is 4.79 Å². The number of hydrogen-bond donors (Lipinski definition) is 2. The summed E-state index contributed by atoms with van der Waals surface area (Å²) >= 11 is 0. The van der Waals surface area contributed by atoms with Crippen LogP contribution in [0, 0.1) is 5.41 Å². The second kappa shape index (κ2) is 8.35. The second-order valence-corrected chi connectivity index (χ2v) is 7.75. The highest BCUT2D eigenvalue weighted by Gasteiger charge is 2.33. The summed E-state index contributed by atoms with van der Waals surface area (Å²) in [5, 5.41) is 15.1. The van der Waals surface area contributed by atoms with Crippen molar-refractivity contribution in [1.29, 1.82) is 0 Å². The molecule has 2 aliphatic rings. The summed E-state index contributed by atoms with van der Waals surface area (Å²) in [6.07, 6.45) is 8.42. The van der Waals surface area contributed by atoms with Gasteiger partial charge in [-0.05, 0) is 60.2 Å². The molecule has 0 saturated heterocycles. The van der Waals surface area contributed by atoms with Crippen LogP contribution in [0.2, 0.25) is 0 Å². The van der Waals surface area contributed by atoms with Crippen molar-refractivity contribution in [2.24, 2.45) is 11.1 Å². The lowest BCUT2D eigenvalue weighted by Crippen LogP contribution is -2.36. The van der Waals surface area contributed by atoms with Crippen LogP contribution in [-0.4, -0.2) is 32.7 Å². The monoisotopic (exact) mass is 390 g/mol. The van der Waals surface area contributed by atoms with E-state index in [0.717, 1.165) is 42.8 Å². The zero-order chi connectivity index (χ0) is 18.0. The number of halogens is 1. The Hall–Kier alpha value is -1.99. The number of carbonyl (C=O) groups is 1. The summed E-state index contributed by atoms with van der Waals surface area (Å²) in [6, 6.07) is 8.16. The van der Waals surface area contributed by atoms with E-state index in [1.165, 1.54) is 19.3 Å². The van der Waals surface area contributed by atoms with Crippen molar-refractivity contribution in [1.82, 2.24) is 20.2 Å². The second-order valence-electron chi connectivity index (χ2n) is 7.75. The van der Waals surface area contributed by atoms with E-state index in [2.05, 4.69) is 20.8 Å². The van der Waals surface area contributed by atoms with Crippen molar-refractivity contribution < 1.29 is 4.79 Å². The Balaban J connectivity index is 0.00000210. The fourth-order valence-corrected chi connectivity index (χ4v) is 3.99. The zero-order valence-corrected chi connectivity index (χ0v) is 16.2. The number of anilines is 1. The average Bonchev–Trinajstić information content (AvgIpc) is 3.39. The lowest BCUT2D eigenvalue weighted by atomic mass is 9.71. The Morgan fingerprint density at radius 1 is 1.26 bits per heavy atom. The molecule has 27 heavy (non-hydrogen) atoms. The highest BCUT2D eigenvalue weighted by atomic mass is 35.5. The third kappa shape index (κ3) is 4.47. The molecular formula is C19H27ClN6O. The molecule has 0 aliphatic heterocycles. The van der Waals surface area contributed by atoms with Gasteiger partial charge in [-0.25, -0.2) is 4.68 Å². The first-order valence-corrected chi connectivity index (χ1v) is 9.57. The largest absolute Gasteiger partial charge is 0.330 e. The predicted molar refractivity (Wildman–Crippen MR) is 107 cm³/mol. The van der Waals surface area contributed by atoms with Gasteiger partial charge in [-0.3, -0.25) is 4.79 Å². The van der Waals surface area contributed by atoms with Crippen LogP contribution in [0.3, 0.4) is 0 Å². The van der Waals surface area contributed by atoms with Gasteiger partial charge in [0.15, 0.2) is 5.82 Å². The van der Waals surface area contributed by atoms with E-state index in [4.69, 9.17) is 5.73 Å². The SMILES string of the molecule is Cl.NCC1(CC(=O)Nc2cccc(-c3nnnn3C3CC3)c2)CCCCC1. The van der Waals surface area contributed by atoms with E-state index >= 15 is 0 Å². The fourth-order valence-electron chi connectivity index (χ4n) is 3.99. The van der Waals surface area contributed by atoms with Gasteiger partial charge < -0.3 is 11.1 Å². The molecule has 8 heteroatoms. The molecule has 0 radical (unpaired) electrons. The standard InChI is InChI=1S/C19H26N6O.ClH/c20-13-19(9-2-1-3-10-19)12-17(26)21-15-6-4-5-14(11-15)18-22-23-24-25(18)16-7-8-16;/h4-6,11,16H,1-3,7-10,12-13,20H2,(H,21,26);1H. The first-order chi connectivity index (χ1) is 12.7. The zero-order valence-electron chi connectivity index (χ0n) is 15.4. The number of rotatable bonds is 6. The van der Waals surface area contributed by atoms with Gasteiger partial charge in [0.2, 0.25) is 5.91 Å². The molecular weight excluding hydrogens is 364 g/mol. The molecule has 146 valence electrons. The minimum absolute atomic E-state index is 0. The average molecular weight is 391 g/mol. The molecule has 0 atom stereocenters. The number of nitrogens with one attached hydrogen (secondary N) is 1. The van der Waals surface area contributed by atoms with E-state index < -0.39 is 0 Å². The first kappa shape index (κ1) is 19.8. The van der Waals surface area contributed by atoms with E-state index in [1.807, 2.05) is 28.9 Å². The van der Waals surface area contributed by atoms with Gasteiger partial charge in [0.05, 0.1) is 6.04 Å². The molecule has 1 amide bonds. The summed E-state index contributed by atoms with van der Waals surface area (Å²) in [4.78, 5) is 12.6. The molecule has 1 heterocycles. The Bertz CT molecular complexity index is 782. The summed E-state index contributed by atoms with van der Waals surface area (Å²) < 4.78 is 1.88.